The second kappa shape index (κ2) is 11.3. The van der Waals surface area contributed by atoms with Crippen molar-refractivity contribution in [2.45, 2.75) is 25.9 Å². The molecule has 0 saturated carbocycles. The first-order valence-electron chi connectivity index (χ1n) is 10.2. The van der Waals surface area contributed by atoms with Crippen LogP contribution >= 0.6 is 35.6 Å². The van der Waals surface area contributed by atoms with Crippen molar-refractivity contribution in [3.63, 3.8) is 0 Å². The standard InChI is InChI=1S/C22H26ClN7.HI/c1-2-24-22(26-15-17-7-10-25-21(13-17)30-11-4-9-27-30)28-19-8-12-29(16-19)20-6-3-5-18(23)14-20;/h3-7,9-11,13-14,19H,2,8,12,15-16H2,1H3,(H2,24,26,28);1H. The molecule has 0 bridgehead atoms. The van der Waals surface area contributed by atoms with Crippen LogP contribution in [0.15, 0.2) is 66.0 Å². The molecule has 3 aromatic rings. The highest BCUT2D eigenvalue weighted by Gasteiger charge is 2.23. The van der Waals surface area contributed by atoms with Crippen molar-refractivity contribution in [2.24, 2.45) is 4.99 Å². The number of aromatic nitrogens is 3. The zero-order chi connectivity index (χ0) is 20.8. The number of benzene rings is 1. The summed E-state index contributed by atoms with van der Waals surface area (Å²) in [6.07, 6.45) is 6.47. The molecule has 0 spiro atoms. The fourth-order valence-electron chi connectivity index (χ4n) is 3.56. The van der Waals surface area contributed by atoms with Gasteiger partial charge in [-0.25, -0.2) is 14.7 Å². The maximum absolute atomic E-state index is 6.15. The molecule has 0 amide bonds. The first-order valence-corrected chi connectivity index (χ1v) is 10.6. The average molecular weight is 552 g/mol. The van der Waals surface area contributed by atoms with Gasteiger partial charge in [-0.05, 0) is 55.3 Å². The molecule has 31 heavy (non-hydrogen) atoms. The Morgan fingerprint density at radius 3 is 2.90 bits per heavy atom. The van der Waals surface area contributed by atoms with Gasteiger partial charge in [0, 0.05) is 55.0 Å². The number of nitrogens with one attached hydrogen (secondary N) is 2. The second-order valence-electron chi connectivity index (χ2n) is 7.22. The molecule has 1 aliphatic heterocycles. The van der Waals surface area contributed by atoms with Crippen LogP contribution < -0.4 is 15.5 Å². The van der Waals surface area contributed by atoms with Gasteiger partial charge in [0.05, 0.1) is 6.54 Å². The zero-order valence-electron chi connectivity index (χ0n) is 17.4. The van der Waals surface area contributed by atoms with Gasteiger partial charge >= 0.3 is 0 Å². The van der Waals surface area contributed by atoms with E-state index in [1.54, 1.807) is 17.1 Å². The van der Waals surface area contributed by atoms with E-state index in [1.165, 1.54) is 0 Å². The molecular formula is C22H27ClIN7. The van der Waals surface area contributed by atoms with Crippen LogP contribution in [0, 0.1) is 0 Å². The predicted octanol–water partition coefficient (Wildman–Crippen LogP) is 3.87. The van der Waals surface area contributed by atoms with Crippen LogP contribution in [-0.4, -0.2) is 46.4 Å². The lowest BCUT2D eigenvalue weighted by Crippen LogP contribution is -2.44. The van der Waals surface area contributed by atoms with Gasteiger partial charge in [0.25, 0.3) is 0 Å². The molecule has 3 heterocycles. The molecule has 9 heteroatoms. The van der Waals surface area contributed by atoms with E-state index in [4.69, 9.17) is 16.6 Å². The lowest BCUT2D eigenvalue weighted by molar-refractivity contribution is 0.649. The Morgan fingerprint density at radius 2 is 2.13 bits per heavy atom. The molecule has 1 saturated heterocycles. The zero-order valence-corrected chi connectivity index (χ0v) is 20.5. The summed E-state index contributed by atoms with van der Waals surface area (Å²) in [5, 5.41) is 11.9. The summed E-state index contributed by atoms with van der Waals surface area (Å²) in [5.41, 5.74) is 2.25. The molecule has 2 N–H and O–H groups in total. The van der Waals surface area contributed by atoms with Gasteiger partial charge in [-0.2, -0.15) is 5.10 Å². The summed E-state index contributed by atoms with van der Waals surface area (Å²) in [6, 6.07) is 14.2. The van der Waals surface area contributed by atoms with Crippen LogP contribution in [0.4, 0.5) is 5.69 Å². The van der Waals surface area contributed by atoms with Gasteiger partial charge in [0.2, 0.25) is 0 Å². The molecule has 2 aromatic heterocycles. The number of halogens is 2. The predicted molar refractivity (Wildman–Crippen MR) is 137 cm³/mol. The topological polar surface area (TPSA) is 70.4 Å². The van der Waals surface area contributed by atoms with E-state index in [0.717, 1.165) is 54.1 Å². The Morgan fingerprint density at radius 1 is 1.23 bits per heavy atom. The number of nitrogens with zero attached hydrogens (tertiary/aromatic N) is 5. The molecular weight excluding hydrogens is 525 g/mol. The first kappa shape index (κ1) is 23.3. The molecule has 0 aliphatic carbocycles. The SMILES string of the molecule is CCNC(=NCc1ccnc(-n2cccn2)c1)NC1CCN(c2cccc(Cl)c2)C1.I. The Balaban J connectivity index is 0.00000272. The number of rotatable bonds is 6. The maximum atomic E-state index is 6.15. The van der Waals surface area contributed by atoms with Gasteiger partial charge in [-0.3, -0.25) is 0 Å². The van der Waals surface area contributed by atoms with Crippen LogP contribution in [0.5, 0.6) is 0 Å². The van der Waals surface area contributed by atoms with Gasteiger partial charge in [-0.15, -0.1) is 24.0 Å². The second-order valence-corrected chi connectivity index (χ2v) is 7.66. The van der Waals surface area contributed by atoms with Crippen molar-refractivity contribution in [2.75, 3.05) is 24.5 Å². The third-order valence-electron chi connectivity index (χ3n) is 5.02. The number of guanidine groups is 1. The van der Waals surface area contributed by atoms with Gasteiger partial charge < -0.3 is 15.5 Å². The van der Waals surface area contributed by atoms with Crippen molar-refractivity contribution in [1.29, 1.82) is 0 Å². The first-order chi connectivity index (χ1) is 14.7. The van der Waals surface area contributed by atoms with Crippen molar-refractivity contribution in [1.82, 2.24) is 25.4 Å². The summed E-state index contributed by atoms with van der Waals surface area (Å²) in [6.45, 7) is 5.37. The number of hydrogen-bond acceptors (Lipinski definition) is 4. The number of pyridine rings is 1. The third-order valence-corrected chi connectivity index (χ3v) is 5.25. The van der Waals surface area contributed by atoms with E-state index in [9.17, 15) is 0 Å². The monoisotopic (exact) mass is 551 g/mol. The van der Waals surface area contributed by atoms with Crippen molar-refractivity contribution in [3.8, 4) is 5.82 Å². The average Bonchev–Trinajstić information content (AvgIpc) is 3.45. The summed E-state index contributed by atoms with van der Waals surface area (Å²) >= 11 is 6.15. The molecule has 1 fully saturated rings. The van der Waals surface area contributed by atoms with E-state index in [2.05, 4.69) is 38.6 Å². The molecule has 1 aromatic carbocycles. The lowest BCUT2D eigenvalue weighted by Gasteiger charge is -2.20. The molecule has 1 aliphatic rings. The summed E-state index contributed by atoms with van der Waals surface area (Å²) in [4.78, 5) is 11.5. The van der Waals surface area contributed by atoms with Crippen LogP contribution in [-0.2, 0) is 6.54 Å². The molecule has 164 valence electrons. The largest absolute Gasteiger partial charge is 0.369 e. The molecule has 0 radical (unpaired) electrons. The maximum Gasteiger partial charge on any atom is 0.191 e. The Labute approximate surface area is 204 Å². The fraction of sp³-hybridized carbons (Fsp3) is 0.318. The molecule has 7 nitrogen and oxygen atoms in total. The van der Waals surface area contributed by atoms with Crippen molar-refractivity contribution < 1.29 is 0 Å². The van der Waals surface area contributed by atoms with Crippen LogP contribution in [0.1, 0.15) is 18.9 Å². The van der Waals surface area contributed by atoms with Gasteiger partial charge in [-0.1, -0.05) is 17.7 Å². The molecule has 1 unspecified atom stereocenters. The van der Waals surface area contributed by atoms with E-state index in [0.29, 0.717) is 12.6 Å². The highest BCUT2D eigenvalue weighted by atomic mass is 127. The molecule has 1 atom stereocenters. The highest BCUT2D eigenvalue weighted by molar-refractivity contribution is 14.0. The van der Waals surface area contributed by atoms with Crippen LogP contribution in [0.3, 0.4) is 0 Å². The lowest BCUT2D eigenvalue weighted by atomic mass is 10.2. The molecule has 4 rings (SSSR count). The smallest absolute Gasteiger partial charge is 0.191 e. The fourth-order valence-corrected chi connectivity index (χ4v) is 3.74. The van der Waals surface area contributed by atoms with Gasteiger partial charge in [0.15, 0.2) is 11.8 Å². The third kappa shape index (κ3) is 6.33. The van der Waals surface area contributed by atoms with E-state index in [1.807, 2.05) is 42.6 Å². The minimum Gasteiger partial charge on any atom is -0.369 e. The minimum atomic E-state index is 0. The van der Waals surface area contributed by atoms with Crippen LogP contribution in [0.2, 0.25) is 5.02 Å². The van der Waals surface area contributed by atoms with Gasteiger partial charge in [0.1, 0.15) is 0 Å². The number of anilines is 1. The highest BCUT2D eigenvalue weighted by Crippen LogP contribution is 2.23. The normalized spacial score (nSPS) is 16.1. The summed E-state index contributed by atoms with van der Waals surface area (Å²) in [7, 11) is 0. The Hall–Kier alpha value is -2.33. The summed E-state index contributed by atoms with van der Waals surface area (Å²) < 4.78 is 1.75. The number of aliphatic imine (C=N–C) groups is 1. The van der Waals surface area contributed by atoms with E-state index < -0.39 is 0 Å². The number of hydrogen-bond donors (Lipinski definition) is 2. The minimum absolute atomic E-state index is 0. The van der Waals surface area contributed by atoms with Crippen molar-refractivity contribution >= 4 is 47.2 Å². The van der Waals surface area contributed by atoms with Crippen molar-refractivity contribution in [3.05, 3.63) is 71.6 Å². The Bertz CT molecular complexity index is 993. The summed E-state index contributed by atoms with van der Waals surface area (Å²) in [5.74, 6) is 1.62. The van der Waals surface area contributed by atoms with Crippen LogP contribution in [0.25, 0.3) is 5.82 Å². The Kier molecular flexibility index (Phi) is 8.53. The van der Waals surface area contributed by atoms with E-state index >= 15 is 0 Å². The quantitative estimate of drug-likeness (QED) is 0.277. The van der Waals surface area contributed by atoms with E-state index in [-0.39, 0.29) is 24.0 Å².